The van der Waals surface area contributed by atoms with E-state index >= 15 is 0 Å². The van der Waals surface area contributed by atoms with Crippen molar-refractivity contribution in [3.8, 4) is 0 Å². The highest BCUT2D eigenvalue weighted by Gasteiger charge is 2.29. The first-order valence-electron chi connectivity index (χ1n) is 9.71. The van der Waals surface area contributed by atoms with Crippen molar-refractivity contribution in [1.29, 1.82) is 0 Å². The molecule has 0 aromatic carbocycles. The monoisotopic (exact) mass is 551 g/mol. The van der Waals surface area contributed by atoms with E-state index in [1.807, 2.05) is 32.5 Å². The van der Waals surface area contributed by atoms with E-state index in [9.17, 15) is 8.42 Å². The molecule has 168 valence electrons. The molecule has 0 aliphatic carbocycles. The summed E-state index contributed by atoms with van der Waals surface area (Å²) in [6, 6.07) is 1.58. The summed E-state index contributed by atoms with van der Waals surface area (Å²) in [4.78, 5) is 6.88. The highest BCUT2D eigenvalue weighted by molar-refractivity contribution is 14.0. The number of guanidine groups is 1. The maximum Gasteiger partial charge on any atom is 0.220 e. The first-order valence-corrected chi connectivity index (χ1v) is 11.3. The molecule has 1 aliphatic heterocycles. The molecular formula is C18H30IN7O3S. The lowest BCUT2D eigenvalue weighted by molar-refractivity contribution is 0.259. The van der Waals surface area contributed by atoms with Gasteiger partial charge < -0.3 is 14.7 Å². The van der Waals surface area contributed by atoms with E-state index < -0.39 is 10.0 Å². The number of aryl methyl sites for hydroxylation is 2. The Kier molecular flexibility index (Phi) is 8.67. The zero-order valence-corrected chi connectivity index (χ0v) is 21.0. The van der Waals surface area contributed by atoms with Gasteiger partial charge in [-0.15, -0.1) is 24.0 Å². The highest BCUT2D eigenvalue weighted by Crippen LogP contribution is 2.15. The minimum absolute atomic E-state index is 0. The molecule has 0 bridgehead atoms. The normalized spacial score (nSPS) is 15.9. The molecule has 2 aromatic heterocycles. The summed E-state index contributed by atoms with van der Waals surface area (Å²) in [5, 5.41) is 11.5. The molecule has 1 N–H and O–H groups in total. The summed E-state index contributed by atoms with van der Waals surface area (Å²) >= 11 is 0. The van der Waals surface area contributed by atoms with Gasteiger partial charge in [0.2, 0.25) is 10.0 Å². The van der Waals surface area contributed by atoms with Crippen molar-refractivity contribution in [2.75, 3.05) is 32.7 Å². The molecule has 0 saturated carbocycles. The topological polar surface area (TPSA) is 109 Å². The standard InChI is InChI=1S/C18H29N7O3S.HI/c1-5-19-18(20-12-17-14(2)21-23(4)15(17)3)24-7-9-25(10-8-24)29(26,27)13-16-6-11-28-22-16;/h6,11H,5,7-10,12-13H2,1-4H3,(H,19,20);1H. The first-order chi connectivity index (χ1) is 13.8. The summed E-state index contributed by atoms with van der Waals surface area (Å²) in [7, 11) is -1.49. The molecule has 0 atom stereocenters. The molecule has 0 amide bonds. The van der Waals surface area contributed by atoms with Crippen molar-refractivity contribution in [1.82, 2.24) is 29.5 Å². The third-order valence-corrected chi connectivity index (χ3v) is 6.95. The van der Waals surface area contributed by atoms with Gasteiger partial charge in [0.25, 0.3) is 0 Å². The van der Waals surface area contributed by atoms with Crippen LogP contribution in [0.3, 0.4) is 0 Å². The Labute approximate surface area is 194 Å². The summed E-state index contributed by atoms with van der Waals surface area (Å²) in [6.07, 6.45) is 1.38. The van der Waals surface area contributed by atoms with Crippen molar-refractivity contribution in [3.05, 3.63) is 35.0 Å². The van der Waals surface area contributed by atoms with E-state index in [2.05, 4.69) is 20.5 Å². The number of halogens is 1. The van der Waals surface area contributed by atoms with Crippen LogP contribution in [0.2, 0.25) is 0 Å². The SMILES string of the molecule is CCNC(=NCc1c(C)nn(C)c1C)N1CCN(S(=O)(=O)Cc2ccon2)CC1.I. The number of hydrogen-bond acceptors (Lipinski definition) is 6. The number of hydrogen-bond donors (Lipinski definition) is 1. The van der Waals surface area contributed by atoms with Gasteiger partial charge in [0.15, 0.2) is 5.96 Å². The van der Waals surface area contributed by atoms with Crippen molar-refractivity contribution >= 4 is 40.0 Å². The number of aliphatic imine (C=N–C) groups is 1. The Balaban J connectivity index is 0.00000320. The zero-order valence-electron chi connectivity index (χ0n) is 17.8. The van der Waals surface area contributed by atoms with Crippen LogP contribution in [0, 0.1) is 13.8 Å². The van der Waals surface area contributed by atoms with Crippen molar-refractivity contribution in [2.24, 2.45) is 12.0 Å². The van der Waals surface area contributed by atoms with Crippen LogP contribution in [0.1, 0.15) is 29.6 Å². The Hall–Kier alpha value is -1.67. The molecule has 10 nitrogen and oxygen atoms in total. The number of aromatic nitrogens is 3. The van der Waals surface area contributed by atoms with Crippen LogP contribution >= 0.6 is 24.0 Å². The maximum atomic E-state index is 12.6. The summed E-state index contributed by atoms with van der Waals surface area (Å²) in [6.45, 7) is 9.32. The minimum atomic E-state index is -3.42. The first kappa shape index (κ1) is 24.6. The average molecular weight is 551 g/mol. The lowest BCUT2D eigenvalue weighted by Crippen LogP contribution is -2.53. The highest BCUT2D eigenvalue weighted by atomic mass is 127. The van der Waals surface area contributed by atoms with Gasteiger partial charge in [-0.25, -0.2) is 13.4 Å². The molecule has 0 radical (unpaired) electrons. The van der Waals surface area contributed by atoms with Crippen LogP contribution in [0.25, 0.3) is 0 Å². The predicted octanol–water partition coefficient (Wildman–Crippen LogP) is 1.26. The lowest BCUT2D eigenvalue weighted by Gasteiger charge is -2.35. The van der Waals surface area contributed by atoms with Gasteiger partial charge in [0.1, 0.15) is 12.0 Å². The number of sulfonamides is 1. The van der Waals surface area contributed by atoms with Gasteiger partial charge in [-0.3, -0.25) is 4.68 Å². The lowest BCUT2D eigenvalue weighted by atomic mass is 10.2. The predicted molar refractivity (Wildman–Crippen MR) is 125 cm³/mol. The fourth-order valence-corrected chi connectivity index (χ4v) is 4.82. The van der Waals surface area contributed by atoms with Gasteiger partial charge in [-0.2, -0.15) is 9.40 Å². The van der Waals surface area contributed by atoms with Gasteiger partial charge in [-0.1, -0.05) is 5.16 Å². The quantitative estimate of drug-likeness (QED) is 0.327. The van der Waals surface area contributed by atoms with Crippen LogP contribution in [-0.2, 0) is 29.4 Å². The molecular weight excluding hydrogens is 521 g/mol. The molecule has 12 heteroatoms. The Morgan fingerprint density at radius 2 is 1.97 bits per heavy atom. The van der Waals surface area contributed by atoms with E-state index in [-0.39, 0.29) is 29.7 Å². The van der Waals surface area contributed by atoms with Crippen LogP contribution in [0.15, 0.2) is 21.8 Å². The molecule has 3 rings (SSSR count). The second kappa shape index (κ2) is 10.6. The second-order valence-corrected chi connectivity index (χ2v) is 9.05. The molecule has 0 unspecified atom stereocenters. The van der Waals surface area contributed by atoms with Crippen molar-refractivity contribution in [2.45, 2.75) is 33.1 Å². The Bertz CT molecular complexity index is 949. The Morgan fingerprint density at radius 1 is 1.27 bits per heavy atom. The van der Waals surface area contributed by atoms with Gasteiger partial charge in [0.05, 0.1) is 17.9 Å². The van der Waals surface area contributed by atoms with E-state index in [1.165, 1.54) is 10.6 Å². The molecule has 30 heavy (non-hydrogen) atoms. The molecule has 1 aliphatic rings. The third kappa shape index (κ3) is 5.72. The van der Waals surface area contributed by atoms with Gasteiger partial charge in [0, 0.05) is 57.1 Å². The smallest absolute Gasteiger partial charge is 0.220 e. The largest absolute Gasteiger partial charge is 0.364 e. The Morgan fingerprint density at radius 3 is 2.50 bits per heavy atom. The summed E-state index contributed by atoms with van der Waals surface area (Å²) < 4.78 is 33.3. The number of nitrogens with zero attached hydrogens (tertiary/aromatic N) is 6. The van der Waals surface area contributed by atoms with E-state index in [0.717, 1.165) is 29.5 Å². The fraction of sp³-hybridized carbons (Fsp3) is 0.611. The average Bonchev–Trinajstić information content (AvgIpc) is 3.27. The van der Waals surface area contributed by atoms with Crippen LogP contribution in [0.4, 0.5) is 0 Å². The van der Waals surface area contributed by atoms with Gasteiger partial charge in [-0.05, 0) is 20.8 Å². The van der Waals surface area contributed by atoms with Crippen molar-refractivity contribution in [3.63, 3.8) is 0 Å². The summed E-state index contributed by atoms with van der Waals surface area (Å²) in [5.41, 5.74) is 3.63. The molecule has 2 aromatic rings. The van der Waals surface area contributed by atoms with Crippen LogP contribution < -0.4 is 5.32 Å². The third-order valence-electron chi connectivity index (χ3n) is 5.13. The van der Waals surface area contributed by atoms with E-state index in [1.54, 1.807) is 6.07 Å². The maximum absolute atomic E-state index is 12.6. The fourth-order valence-electron chi connectivity index (χ4n) is 3.39. The molecule has 1 saturated heterocycles. The molecule has 1 fully saturated rings. The summed E-state index contributed by atoms with van der Waals surface area (Å²) in [5.74, 6) is 0.653. The van der Waals surface area contributed by atoms with E-state index in [4.69, 9.17) is 9.52 Å². The number of piperazine rings is 1. The number of rotatable bonds is 6. The van der Waals surface area contributed by atoms with Crippen LogP contribution in [0.5, 0.6) is 0 Å². The number of nitrogens with one attached hydrogen (secondary N) is 1. The van der Waals surface area contributed by atoms with Crippen LogP contribution in [-0.4, -0.2) is 71.2 Å². The van der Waals surface area contributed by atoms with Gasteiger partial charge >= 0.3 is 0 Å². The zero-order chi connectivity index (χ0) is 21.0. The van der Waals surface area contributed by atoms with E-state index in [0.29, 0.717) is 38.4 Å². The van der Waals surface area contributed by atoms with Crippen molar-refractivity contribution < 1.29 is 12.9 Å². The molecule has 0 spiro atoms. The molecule has 3 heterocycles. The second-order valence-electron chi connectivity index (χ2n) is 7.08. The minimum Gasteiger partial charge on any atom is -0.364 e.